The van der Waals surface area contributed by atoms with Gasteiger partial charge in [-0.2, -0.15) is 0 Å². The van der Waals surface area contributed by atoms with Gasteiger partial charge in [-0.1, -0.05) is 25.5 Å². The van der Waals surface area contributed by atoms with E-state index < -0.39 is 5.54 Å². The van der Waals surface area contributed by atoms with Crippen LogP contribution in [0.25, 0.3) is 0 Å². The summed E-state index contributed by atoms with van der Waals surface area (Å²) in [7, 11) is 0. The van der Waals surface area contributed by atoms with E-state index in [1.165, 1.54) is 4.90 Å². The van der Waals surface area contributed by atoms with Gasteiger partial charge >= 0.3 is 0 Å². The third kappa shape index (κ3) is 3.54. The van der Waals surface area contributed by atoms with Crippen molar-refractivity contribution in [2.45, 2.75) is 45.7 Å². The molecule has 0 aliphatic carbocycles. The number of nitrogens with zero attached hydrogens (tertiary/aromatic N) is 1. The standard InChI is InChI=1S/C16H23N3O2/c1-4-5-9-21-13-8-6-7-12(10-13)11-19-14(20)16(2,3)18-15(19)17/h6-8,10H,4-5,9,11H2,1-3H3,(H2,17,18). The summed E-state index contributed by atoms with van der Waals surface area (Å²) in [6.45, 7) is 6.79. The summed E-state index contributed by atoms with van der Waals surface area (Å²) in [4.78, 5) is 13.7. The van der Waals surface area contributed by atoms with Gasteiger partial charge in [0.2, 0.25) is 0 Å². The van der Waals surface area contributed by atoms with Crippen LogP contribution in [-0.2, 0) is 11.3 Å². The van der Waals surface area contributed by atoms with Gasteiger partial charge in [-0.25, -0.2) is 0 Å². The fourth-order valence-electron chi connectivity index (χ4n) is 2.26. The van der Waals surface area contributed by atoms with Crippen molar-refractivity contribution in [1.29, 1.82) is 5.41 Å². The number of unbranched alkanes of at least 4 members (excludes halogenated alkanes) is 1. The van der Waals surface area contributed by atoms with Crippen LogP contribution in [0.3, 0.4) is 0 Å². The molecule has 5 nitrogen and oxygen atoms in total. The van der Waals surface area contributed by atoms with Crippen LogP contribution in [0, 0.1) is 5.41 Å². The quantitative estimate of drug-likeness (QED) is 0.791. The summed E-state index contributed by atoms with van der Waals surface area (Å²) in [6, 6.07) is 7.71. The van der Waals surface area contributed by atoms with E-state index in [9.17, 15) is 4.79 Å². The molecule has 1 saturated heterocycles. The molecule has 21 heavy (non-hydrogen) atoms. The number of ether oxygens (including phenoxy) is 1. The molecule has 2 rings (SSSR count). The van der Waals surface area contributed by atoms with Crippen LogP contribution in [-0.4, -0.2) is 28.9 Å². The molecule has 2 N–H and O–H groups in total. The molecule has 0 unspecified atom stereocenters. The van der Waals surface area contributed by atoms with Crippen molar-refractivity contribution in [1.82, 2.24) is 10.2 Å². The zero-order chi connectivity index (χ0) is 15.5. The Balaban J connectivity index is 2.04. The second-order valence-corrected chi connectivity index (χ2v) is 5.84. The Morgan fingerprint density at radius 1 is 1.38 bits per heavy atom. The van der Waals surface area contributed by atoms with E-state index in [2.05, 4.69) is 12.2 Å². The van der Waals surface area contributed by atoms with Gasteiger partial charge in [-0.05, 0) is 38.0 Å². The molecule has 1 fully saturated rings. The number of rotatable bonds is 6. The van der Waals surface area contributed by atoms with Crippen molar-refractivity contribution in [2.24, 2.45) is 0 Å². The second-order valence-electron chi connectivity index (χ2n) is 5.84. The average Bonchev–Trinajstić information content (AvgIpc) is 2.62. The van der Waals surface area contributed by atoms with Crippen LogP contribution in [0.1, 0.15) is 39.2 Å². The number of carbonyl (C=O) groups is 1. The van der Waals surface area contributed by atoms with E-state index in [1.807, 2.05) is 24.3 Å². The van der Waals surface area contributed by atoms with Gasteiger partial charge in [0.05, 0.1) is 13.2 Å². The molecule has 114 valence electrons. The summed E-state index contributed by atoms with van der Waals surface area (Å²) in [5.74, 6) is 0.887. The topological polar surface area (TPSA) is 65.4 Å². The van der Waals surface area contributed by atoms with Crippen molar-refractivity contribution in [3.05, 3.63) is 29.8 Å². The lowest BCUT2D eigenvalue weighted by Crippen LogP contribution is -2.40. The predicted octanol–water partition coefficient (Wildman–Crippen LogP) is 2.51. The van der Waals surface area contributed by atoms with Crippen LogP contribution in [0.2, 0.25) is 0 Å². The summed E-state index contributed by atoms with van der Waals surface area (Å²) >= 11 is 0. The Morgan fingerprint density at radius 2 is 2.14 bits per heavy atom. The highest BCUT2D eigenvalue weighted by atomic mass is 16.5. The van der Waals surface area contributed by atoms with E-state index >= 15 is 0 Å². The van der Waals surface area contributed by atoms with Gasteiger partial charge in [0, 0.05) is 0 Å². The molecule has 0 aromatic heterocycles. The Labute approximate surface area is 125 Å². The molecule has 0 spiro atoms. The summed E-state index contributed by atoms with van der Waals surface area (Å²) in [5, 5.41) is 10.8. The van der Waals surface area contributed by atoms with E-state index in [0.717, 1.165) is 24.2 Å². The Bertz CT molecular complexity index is 540. The highest BCUT2D eigenvalue weighted by Crippen LogP contribution is 2.21. The smallest absolute Gasteiger partial charge is 0.254 e. The number of nitrogens with one attached hydrogen (secondary N) is 2. The van der Waals surface area contributed by atoms with E-state index in [0.29, 0.717) is 13.2 Å². The van der Waals surface area contributed by atoms with Crippen LogP contribution in [0.5, 0.6) is 5.75 Å². The molecular formula is C16H23N3O2. The largest absolute Gasteiger partial charge is 0.494 e. The molecule has 0 atom stereocenters. The molecular weight excluding hydrogens is 266 g/mol. The summed E-state index contributed by atoms with van der Waals surface area (Å²) in [5.41, 5.74) is 0.258. The van der Waals surface area contributed by atoms with Crippen LogP contribution in [0.4, 0.5) is 0 Å². The molecule has 0 saturated carbocycles. The normalized spacial score (nSPS) is 17.0. The maximum Gasteiger partial charge on any atom is 0.254 e. The molecule has 1 aromatic carbocycles. The molecule has 1 heterocycles. The summed E-state index contributed by atoms with van der Waals surface area (Å²) < 4.78 is 5.67. The van der Waals surface area contributed by atoms with Crippen LogP contribution < -0.4 is 10.1 Å². The minimum Gasteiger partial charge on any atom is -0.494 e. The third-order valence-electron chi connectivity index (χ3n) is 3.49. The maximum absolute atomic E-state index is 12.2. The maximum atomic E-state index is 12.2. The van der Waals surface area contributed by atoms with Gasteiger partial charge in [0.15, 0.2) is 5.96 Å². The number of guanidine groups is 1. The highest BCUT2D eigenvalue weighted by molar-refractivity contribution is 6.07. The number of amides is 1. The summed E-state index contributed by atoms with van der Waals surface area (Å²) in [6.07, 6.45) is 2.12. The average molecular weight is 289 g/mol. The zero-order valence-corrected chi connectivity index (χ0v) is 12.9. The van der Waals surface area contributed by atoms with E-state index in [4.69, 9.17) is 10.1 Å². The fraction of sp³-hybridized carbons (Fsp3) is 0.500. The molecule has 0 radical (unpaired) electrons. The highest BCUT2D eigenvalue weighted by Gasteiger charge is 2.41. The van der Waals surface area contributed by atoms with E-state index in [1.54, 1.807) is 13.8 Å². The van der Waals surface area contributed by atoms with Gasteiger partial charge in [0.25, 0.3) is 5.91 Å². The molecule has 1 aromatic rings. The minimum atomic E-state index is -0.702. The van der Waals surface area contributed by atoms with Crippen molar-refractivity contribution in [3.63, 3.8) is 0 Å². The van der Waals surface area contributed by atoms with Crippen molar-refractivity contribution >= 4 is 11.9 Å². The zero-order valence-electron chi connectivity index (χ0n) is 12.9. The van der Waals surface area contributed by atoms with Gasteiger partial charge in [-0.15, -0.1) is 0 Å². The second kappa shape index (κ2) is 6.16. The van der Waals surface area contributed by atoms with Crippen molar-refractivity contribution in [3.8, 4) is 5.75 Å². The first-order chi connectivity index (χ1) is 9.94. The molecule has 1 aliphatic heterocycles. The first kappa shape index (κ1) is 15.4. The first-order valence-electron chi connectivity index (χ1n) is 7.34. The Morgan fingerprint density at radius 3 is 2.76 bits per heavy atom. The Kier molecular flexibility index (Phi) is 4.50. The minimum absolute atomic E-state index is 0.0789. The van der Waals surface area contributed by atoms with Gasteiger partial charge in [-0.3, -0.25) is 15.1 Å². The lowest BCUT2D eigenvalue weighted by Gasteiger charge is -2.17. The predicted molar refractivity (Wildman–Crippen MR) is 82.3 cm³/mol. The molecule has 0 bridgehead atoms. The van der Waals surface area contributed by atoms with Gasteiger partial charge in [0.1, 0.15) is 11.3 Å². The van der Waals surface area contributed by atoms with E-state index in [-0.39, 0.29) is 11.9 Å². The van der Waals surface area contributed by atoms with Crippen molar-refractivity contribution < 1.29 is 9.53 Å². The lowest BCUT2D eigenvalue weighted by atomic mass is 10.1. The number of hydrogen-bond acceptors (Lipinski definition) is 3. The SMILES string of the molecule is CCCCOc1cccc(CN2C(=N)NC(C)(C)C2=O)c1. The first-order valence-corrected chi connectivity index (χ1v) is 7.34. The Hall–Kier alpha value is -2.04. The van der Waals surface area contributed by atoms with Gasteiger partial charge < -0.3 is 10.1 Å². The number of hydrogen-bond donors (Lipinski definition) is 2. The third-order valence-corrected chi connectivity index (χ3v) is 3.49. The van der Waals surface area contributed by atoms with Crippen LogP contribution in [0.15, 0.2) is 24.3 Å². The van der Waals surface area contributed by atoms with Crippen molar-refractivity contribution in [2.75, 3.05) is 6.61 Å². The molecule has 1 amide bonds. The lowest BCUT2D eigenvalue weighted by molar-refractivity contribution is -0.130. The fourth-order valence-corrected chi connectivity index (χ4v) is 2.26. The monoisotopic (exact) mass is 289 g/mol. The molecule has 5 heteroatoms. The number of carbonyl (C=O) groups excluding carboxylic acids is 1. The van der Waals surface area contributed by atoms with Crippen LogP contribution >= 0.6 is 0 Å². The number of benzene rings is 1. The molecule has 1 aliphatic rings.